The van der Waals surface area contributed by atoms with Gasteiger partial charge < -0.3 is 14.8 Å². The Morgan fingerprint density at radius 1 is 1.25 bits per heavy atom. The fourth-order valence-electron chi connectivity index (χ4n) is 2.50. The quantitative estimate of drug-likeness (QED) is 0.685. The molecule has 0 bridgehead atoms. The topological polar surface area (TPSA) is 102 Å². The summed E-state index contributed by atoms with van der Waals surface area (Å²) in [5, 5.41) is 4.28. The summed E-state index contributed by atoms with van der Waals surface area (Å²) in [6.45, 7) is 0.582. The number of rotatable bonds is 6. The highest BCUT2D eigenvalue weighted by Gasteiger charge is 2.28. The van der Waals surface area contributed by atoms with E-state index in [1.54, 1.807) is 17.5 Å². The maximum Gasteiger partial charge on any atom is 0.348 e. The highest BCUT2D eigenvalue weighted by Crippen LogP contribution is 2.28. The molecule has 1 fully saturated rings. The summed E-state index contributed by atoms with van der Waals surface area (Å²) in [6, 6.07) is 7.44. The molecule has 0 saturated carbocycles. The van der Waals surface area contributed by atoms with Crippen LogP contribution in [0.2, 0.25) is 5.02 Å². The van der Waals surface area contributed by atoms with Gasteiger partial charge in [-0.2, -0.15) is 4.31 Å². The van der Waals surface area contributed by atoms with Gasteiger partial charge in [0.15, 0.2) is 6.61 Å². The van der Waals surface area contributed by atoms with E-state index in [0.29, 0.717) is 18.1 Å². The molecule has 1 aliphatic rings. The summed E-state index contributed by atoms with van der Waals surface area (Å²) < 4.78 is 37.0. The molecule has 11 heteroatoms. The van der Waals surface area contributed by atoms with Crippen molar-refractivity contribution in [3.63, 3.8) is 0 Å². The lowest BCUT2D eigenvalue weighted by molar-refractivity contribution is -0.119. The molecule has 3 rings (SSSR count). The number of morpholine rings is 1. The van der Waals surface area contributed by atoms with E-state index in [1.807, 2.05) is 0 Å². The summed E-state index contributed by atoms with van der Waals surface area (Å²) in [7, 11) is -3.82. The Balaban J connectivity index is 1.67. The average molecular weight is 445 g/mol. The van der Waals surface area contributed by atoms with Crippen molar-refractivity contribution in [1.82, 2.24) is 4.31 Å². The molecule has 1 aromatic carbocycles. The number of halogens is 1. The molecule has 0 atom stereocenters. The molecule has 2 aromatic rings. The van der Waals surface area contributed by atoms with Gasteiger partial charge in [0.1, 0.15) is 9.77 Å². The van der Waals surface area contributed by atoms with Gasteiger partial charge in [0, 0.05) is 18.8 Å². The molecule has 28 heavy (non-hydrogen) atoms. The fourth-order valence-corrected chi connectivity index (χ4v) is 5.02. The monoisotopic (exact) mass is 444 g/mol. The number of amides is 1. The van der Waals surface area contributed by atoms with Gasteiger partial charge in [-0.1, -0.05) is 17.7 Å². The smallest absolute Gasteiger partial charge is 0.348 e. The van der Waals surface area contributed by atoms with Gasteiger partial charge in [-0.15, -0.1) is 11.3 Å². The third-order valence-electron chi connectivity index (χ3n) is 3.86. The van der Waals surface area contributed by atoms with Crippen LogP contribution in [0.3, 0.4) is 0 Å². The molecule has 1 N–H and O–H groups in total. The van der Waals surface area contributed by atoms with Gasteiger partial charge in [0.2, 0.25) is 10.0 Å². The van der Waals surface area contributed by atoms with Gasteiger partial charge in [0.25, 0.3) is 5.91 Å². The van der Waals surface area contributed by atoms with Crippen molar-refractivity contribution < 1.29 is 27.5 Å². The van der Waals surface area contributed by atoms with E-state index >= 15 is 0 Å². The number of nitrogens with zero attached hydrogens (tertiary/aromatic N) is 1. The molecule has 0 unspecified atom stereocenters. The normalized spacial score (nSPS) is 15.2. The van der Waals surface area contributed by atoms with E-state index in [-0.39, 0.29) is 28.7 Å². The first-order valence-electron chi connectivity index (χ1n) is 8.26. The summed E-state index contributed by atoms with van der Waals surface area (Å²) in [4.78, 5) is 24.1. The first-order chi connectivity index (χ1) is 13.4. The zero-order valence-electron chi connectivity index (χ0n) is 14.6. The number of sulfonamides is 1. The Morgan fingerprint density at radius 2 is 2.00 bits per heavy atom. The van der Waals surface area contributed by atoms with Crippen molar-refractivity contribution in [2.75, 3.05) is 38.2 Å². The Bertz CT molecular complexity index is 956. The van der Waals surface area contributed by atoms with Crippen molar-refractivity contribution >= 4 is 50.5 Å². The standard InChI is InChI=1S/C17H17ClN2O6S2/c18-13-4-3-12(10-15(13)28(23,24)20-5-7-25-8-6-20)19-16(21)11-26-17(22)14-2-1-9-27-14/h1-4,9-10H,5-8,11H2,(H,19,21). The van der Waals surface area contributed by atoms with Crippen LogP contribution in [0, 0.1) is 0 Å². The average Bonchev–Trinajstić information content (AvgIpc) is 3.23. The van der Waals surface area contributed by atoms with Crippen LogP contribution in [0.5, 0.6) is 0 Å². The van der Waals surface area contributed by atoms with Crippen LogP contribution >= 0.6 is 22.9 Å². The Hall–Kier alpha value is -1.98. The van der Waals surface area contributed by atoms with Crippen LogP contribution in [0.25, 0.3) is 0 Å². The number of carbonyl (C=O) groups is 2. The molecular weight excluding hydrogens is 428 g/mol. The summed E-state index contributed by atoms with van der Waals surface area (Å²) in [5.74, 6) is -1.20. The second kappa shape index (κ2) is 9.01. The zero-order valence-corrected chi connectivity index (χ0v) is 17.0. The largest absolute Gasteiger partial charge is 0.451 e. The van der Waals surface area contributed by atoms with Gasteiger partial charge in [0.05, 0.1) is 18.2 Å². The van der Waals surface area contributed by atoms with E-state index in [0.717, 1.165) is 0 Å². The lowest BCUT2D eigenvalue weighted by Gasteiger charge is -2.26. The maximum atomic E-state index is 12.8. The predicted molar refractivity (Wildman–Crippen MR) is 104 cm³/mol. The van der Waals surface area contributed by atoms with E-state index in [9.17, 15) is 18.0 Å². The Morgan fingerprint density at radius 3 is 2.68 bits per heavy atom. The van der Waals surface area contributed by atoms with Crippen molar-refractivity contribution in [1.29, 1.82) is 0 Å². The number of nitrogens with one attached hydrogen (secondary N) is 1. The number of benzene rings is 1. The zero-order chi connectivity index (χ0) is 20.1. The van der Waals surface area contributed by atoms with E-state index in [4.69, 9.17) is 21.1 Å². The second-order valence-corrected chi connectivity index (χ2v) is 9.02. The molecule has 1 saturated heterocycles. The number of esters is 1. The van der Waals surface area contributed by atoms with Crippen LogP contribution in [-0.4, -0.2) is 57.5 Å². The fraction of sp³-hybridized carbons (Fsp3) is 0.294. The van der Waals surface area contributed by atoms with Gasteiger partial charge in [-0.05, 0) is 29.6 Å². The van der Waals surface area contributed by atoms with Gasteiger partial charge in [-0.25, -0.2) is 13.2 Å². The lowest BCUT2D eigenvalue weighted by Crippen LogP contribution is -2.40. The molecule has 150 valence electrons. The maximum absolute atomic E-state index is 12.8. The molecule has 0 radical (unpaired) electrons. The van der Waals surface area contributed by atoms with E-state index < -0.39 is 28.5 Å². The molecule has 0 aliphatic carbocycles. The third kappa shape index (κ3) is 4.89. The van der Waals surface area contributed by atoms with Crippen molar-refractivity contribution in [2.45, 2.75) is 4.90 Å². The van der Waals surface area contributed by atoms with Crippen LogP contribution < -0.4 is 5.32 Å². The van der Waals surface area contributed by atoms with Crippen LogP contribution in [0.1, 0.15) is 9.67 Å². The number of carbonyl (C=O) groups excluding carboxylic acids is 2. The Labute approximate surface area is 171 Å². The van der Waals surface area contributed by atoms with Crippen molar-refractivity contribution in [3.8, 4) is 0 Å². The number of anilines is 1. The minimum absolute atomic E-state index is 0.0496. The summed E-state index contributed by atoms with van der Waals surface area (Å²) in [6.07, 6.45) is 0. The molecule has 8 nitrogen and oxygen atoms in total. The third-order valence-corrected chi connectivity index (χ3v) is 7.09. The summed E-state index contributed by atoms with van der Waals surface area (Å²) >= 11 is 7.28. The van der Waals surface area contributed by atoms with E-state index in [1.165, 1.54) is 33.8 Å². The highest BCUT2D eigenvalue weighted by molar-refractivity contribution is 7.89. The van der Waals surface area contributed by atoms with E-state index in [2.05, 4.69) is 5.32 Å². The minimum Gasteiger partial charge on any atom is -0.451 e. The number of ether oxygens (including phenoxy) is 2. The molecule has 1 aromatic heterocycles. The van der Waals surface area contributed by atoms with Crippen LogP contribution in [0.4, 0.5) is 5.69 Å². The molecule has 2 heterocycles. The van der Waals surface area contributed by atoms with Gasteiger partial charge >= 0.3 is 5.97 Å². The number of hydrogen-bond donors (Lipinski definition) is 1. The molecule has 1 amide bonds. The van der Waals surface area contributed by atoms with Crippen molar-refractivity contribution in [2.24, 2.45) is 0 Å². The molecular formula is C17H17ClN2O6S2. The molecule has 0 spiro atoms. The first kappa shape index (κ1) is 20.7. The van der Waals surface area contributed by atoms with Crippen LogP contribution in [-0.2, 0) is 24.3 Å². The SMILES string of the molecule is O=C(COC(=O)c1cccs1)Nc1ccc(Cl)c(S(=O)(=O)N2CCOCC2)c1. The minimum atomic E-state index is -3.82. The predicted octanol–water partition coefficient (Wildman–Crippen LogP) is 2.22. The second-order valence-electron chi connectivity index (χ2n) is 5.76. The lowest BCUT2D eigenvalue weighted by atomic mass is 10.3. The number of thiophene rings is 1. The number of hydrogen-bond acceptors (Lipinski definition) is 7. The molecule has 1 aliphatic heterocycles. The van der Waals surface area contributed by atoms with Crippen LogP contribution in [0.15, 0.2) is 40.6 Å². The Kier molecular flexibility index (Phi) is 6.68. The highest BCUT2D eigenvalue weighted by atomic mass is 35.5. The summed E-state index contributed by atoms with van der Waals surface area (Å²) in [5.41, 5.74) is 0.230. The van der Waals surface area contributed by atoms with Crippen molar-refractivity contribution in [3.05, 3.63) is 45.6 Å². The van der Waals surface area contributed by atoms with Gasteiger partial charge in [-0.3, -0.25) is 4.79 Å². The first-order valence-corrected chi connectivity index (χ1v) is 11.0.